The summed E-state index contributed by atoms with van der Waals surface area (Å²) in [4.78, 5) is 16.9. The van der Waals surface area contributed by atoms with E-state index in [1.807, 2.05) is 18.2 Å². The molecular weight excluding hydrogens is 563 g/mol. The van der Waals surface area contributed by atoms with Crippen LogP contribution in [0.2, 0.25) is 15.1 Å². The smallest absolute Gasteiger partial charge is 0.335 e. The SMILES string of the molecule is O=C(O)c1cccc(C2CC(c3ccc(OCc4c(-c5c(Cl)cccc5Cl)noc4C4CC4)cc3Cl)=NO2)c1. The minimum Gasteiger partial charge on any atom is -0.489 e. The molecule has 39 heavy (non-hydrogen) atoms. The third kappa shape index (κ3) is 5.22. The van der Waals surface area contributed by atoms with Crippen LogP contribution in [0.5, 0.6) is 5.75 Å². The van der Waals surface area contributed by atoms with Crippen LogP contribution in [-0.4, -0.2) is 21.9 Å². The zero-order valence-electron chi connectivity index (χ0n) is 20.4. The van der Waals surface area contributed by atoms with E-state index >= 15 is 0 Å². The maximum absolute atomic E-state index is 11.3. The first-order valence-corrected chi connectivity index (χ1v) is 13.4. The number of halogens is 3. The first kappa shape index (κ1) is 25.7. The van der Waals surface area contributed by atoms with Gasteiger partial charge in [-0.3, -0.25) is 0 Å². The van der Waals surface area contributed by atoms with Crippen LogP contribution >= 0.6 is 34.8 Å². The number of ether oxygens (including phenoxy) is 1. The fraction of sp³-hybridized carbons (Fsp3) is 0.207. The summed E-state index contributed by atoms with van der Waals surface area (Å²) in [7, 11) is 0. The topological polar surface area (TPSA) is 94.2 Å². The van der Waals surface area contributed by atoms with Crippen LogP contribution in [0.3, 0.4) is 0 Å². The van der Waals surface area contributed by atoms with E-state index in [0.29, 0.717) is 55.7 Å². The summed E-state index contributed by atoms with van der Waals surface area (Å²) in [6.07, 6.45) is 2.13. The Hall–Kier alpha value is -3.52. The number of carboxylic acid groups (broad SMARTS) is 1. The lowest BCUT2D eigenvalue weighted by molar-refractivity contribution is 0.0694. The number of hydrogen-bond donors (Lipinski definition) is 1. The van der Waals surface area contributed by atoms with Gasteiger partial charge in [-0.05, 0) is 60.9 Å². The van der Waals surface area contributed by atoms with Crippen molar-refractivity contribution in [1.29, 1.82) is 0 Å². The Morgan fingerprint density at radius 2 is 1.77 bits per heavy atom. The first-order chi connectivity index (χ1) is 18.9. The molecule has 0 amide bonds. The Bertz CT molecular complexity index is 1590. The van der Waals surface area contributed by atoms with Gasteiger partial charge in [0.1, 0.15) is 23.8 Å². The van der Waals surface area contributed by atoms with Crippen molar-refractivity contribution in [3.05, 3.63) is 104 Å². The molecular formula is C29H21Cl3N2O5. The number of oxime groups is 1. The Morgan fingerprint density at radius 1 is 1.00 bits per heavy atom. The van der Waals surface area contributed by atoms with E-state index in [2.05, 4.69) is 10.3 Å². The quantitative estimate of drug-likeness (QED) is 0.224. The fourth-order valence-electron chi connectivity index (χ4n) is 4.61. The molecule has 1 atom stereocenters. The highest BCUT2D eigenvalue weighted by molar-refractivity contribution is 6.39. The molecule has 6 rings (SSSR count). The second kappa shape index (κ2) is 10.6. The van der Waals surface area contributed by atoms with E-state index < -0.39 is 12.1 Å². The van der Waals surface area contributed by atoms with Crippen LogP contribution in [0.1, 0.15) is 64.1 Å². The highest BCUT2D eigenvalue weighted by Crippen LogP contribution is 2.46. The van der Waals surface area contributed by atoms with Gasteiger partial charge >= 0.3 is 5.97 Å². The standard InChI is InChI=1S/C29H21Cl3N2O5/c30-21-5-2-6-22(31)26(21)27-20(28(39-34-27)15-7-8-15)14-37-18-9-10-19(23(32)12-18)24-13-25(38-33-24)16-3-1-4-17(11-16)29(35)36/h1-6,9-12,15,25H,7-8,13-14H2,(H,35,36). The van der Waals surface area contributed by atoms with Crippen LogP contribution in [0, 0.1) is 0 Å². The molecule has 1 aliphatic heterocycles. The van der Waals surface area contributed by atoms with Crippen molar-refractivity contribution < 1.29 is 24.0 Å². The molecule has 0 bridgehead atoms. The molecule has 1 N–H and O–H groups in total. The summed E-state index contributed by atoms with van der Waals surface area (Å²) in [5, 5.41) is 19.2. The van der Waals surface area contributed by atoms with Gasteiger partial charge < -0.3 is 19.2 Å². The maximum Gasteiger partial charge on any atom is 0.335 e. The monoisotopic (exact) mass is 582 g/mol. The van der Waals surface area contributed by atoms with Gasteiger partial charge in [0.15, 0.2) is 6.10 Å². The molecule has 0 spiro atoms. The predicted molar refractivity (Wildman–Crippen MR) is 148 cm³/mol. The number of aromatic nitrogens is 1. The average molecular weight is 584 g/mol. The van der Waals surface area contributed by atoms with Crippen molar-refractivity contribution in [3.8, 4) is 17.0 Å². The summed E-state index contributed by atoms with van der Waals surface area (Å²) in [5.41, 5.74) is 4.32. The van der Waals surface area contributed by atoms with Gasteiger partial charge in [0.2, 0.25) is 0 Å². The van der Waals surface area contributed by atoms with Gasteiger partial charge in [0.05, 0.1) is 31.9 Å². The fourth-order valence-corrected chi connectivity index (χ4v) is 5.47. The summed E-state index contributed by atoms with van der Waals surface area (Å²) < 4.78 is 11.9. The van der Waals surface area contributed by atoms with Gasteiger partial charge in [-0.15, -0.1) is 0 Å². The summed E-state index contributed by atoms with van der Waals surface area (Å²) in [5.74, 6) is 0.668. The van der Waals surface area contributed by atoms with Gasteiger partial charge in [0.25, 0.3) is 0 Å². The molecule has 4 aromatic rings. The molecule has 3 aromatic carbocycles. The minimum atomic E-state index is -0.993. The number of benzene rings is 3. The summed E-state index contributed by atoms with van der Waals surface area (Å²) >= 11 is 19.5. The second-order valence-corrected chi connectivity index (χ2v) is 10.7. The molecule has 1 saturated carbocycles. The molecule has 0 radical (unpaired) electrons. The minimum absolute atomic E-state index is 0.196. The van der Waals surface area contributed by atoms with Crippen molar-refractivity contribution in [2.45, 2.75) is 37.9 Å². The predicted octanol–water partition coefficient (Wildman–Crippen LogP) is 8.32. The van der Waals surface area contributed by atoms with E-state index in [-0.39, 0.29) is 12.2 Å². The lowest BCUT2D eigenvalue weighted by Gasteiger charge is -2.11. The van der Waals surface area contributed by atoms with E-state index in [1.165, 1.54) is 6.07 Å². The number of aromatic carboxylic acids is 1. The van der Waals surface area contributed by atoms with Gasteiger partial charge in [-0.1, -0.05) is 63.3 Å². The average Bonchev–Trinajstić information content (AvgIpc) is 3.50. The largest absolute Gasteiger partial charge is 0.489 e. The van der Waals surface area contributed by atoms with Crippen molar-refractivity contribution in [2.24, 2.45) is 5.16 Å². The third-order valence-electron chi connectivity index (χ3n) is 6.78. The summed E-state index contributed by atoms with van der Waals surface area (Å²) in [6.45, 7) is 0.202. The van der Waals surface area contributed by atoms with Crippen LogP contribution in [0.15, 0.2) is 70.3 Å². The highest BCUT2D eigenvalue weighted by Gasteiger charge is 2.34. The molecule has 1 aromatic heterocycles. The normalized spacial score (nSPS) is 16.6. The lowest BCUT2D eigenvalue weighted by Crippen LogP contribution is -2.05. The number of carboxylic acids is 1. The first-order valence-electron chi connectivity index (χ1n) is 12.3. The highest BCUT2D eigenvalue weighted by atomic mass is 35.5. The Labute approximate surface area is 238 Å². The Kier molecular flexibility index (Phi) is 6.97. The molecule has 1 fully saturated rings. The van der Waals surface area contributed by atoms with Gasteiger partial charge in [0, 0.05) is 23.5 Å². The third-order valence-corrected chi connectivity index (χ3v) is 7.72. The molecule has 10 heteroatoms. The van der Waals surface area contributed by atoms with E-state index in [1.54, 1.807) is 36.4 Å². The van der Waals surface area contributed by atoms with Gasteiger partial charge in [-0.25, -0.2) is 4.79 Å². The Morgan fingerprint density at radius 3 is 2.49 bits per heavy atom. The van der Waals surface area contributed by atoms with Crippen LogP contribution in [0.4, 0.5) is 0 Å². The van der Waals surface area contributed by atoms with E-state index in [4.69, 9.17) is 48.9 Å². The van der Waals surface area contributed by atoms with Crippen LogP contribution in [0.25, 0.3) is 11.3 Å². The second-order valence-electron chi connectivity index (χ2n) is 9.44. The van der Waals surface area contributed by atoms with E-state index in [9.17, 15) is 9.90 Å². The molecule has 7 nitrogen and oxygen atoms in total. The summed E-state index contributed by atoms with van der Waals surface area (Å²) in [6, 6.07) is 17.3. The maximum atomic E-state index is 11.3. The zero-order valence-corrected chi connectivity index (χ0v) is 22.6. The molecule has 1 aliphatic carbocycles. The number of rotatable bonds is 8. The number of hydrogen-bond acceptors (Lipinski definition) is 6. The van der Waals surface area contributed by atoms with Crippen molar-refractivity contribution >= 4 is 46.5 Å². The molecule has 2 aliphatic rings. The number of nitrogens with zero attached hydrogens (tertiary/aromatic N) is 2. The molecule has 198 valence electrons. The zero-order chi connectivity index (χ0) is 27.1. The van der Waals surface area contributed by atoms with E-state index in [0.717, 1.165) is 29.7 Å². The lowest BCUT2D eigenvalue weighted by atomic mass is 9.99. The molecule has 0 saturated heterocycles. The van der Waals surface area contributed by atoms with Crippen molar-refractivity contribution in [3.63, 3.8) is 0 Å². The van der Waals surface area contributed by atoms with Crippen LogP contribution in [-0.2, 0) is 11.4 Å². The Balaban J connectivity index is 1.19. The van der Waals surface area contributed by atoms with Crippen molar-refractivity contribution in [1.82, 2.24) is 5.16 Å². The van der Waals surface area contributed by atoms with Gasteiger partial charge in [-0.2, -0.15) is 0 Å². The molecule has 2 heterocycles. The van der Waals surface area contributed by atoms with Crippen LogP contribution < -0.4 is 4.74 Å². The molecule has 1 unspecified atom stereocenters. The number of carbonyl (C=O) groups is 1. The van der Waals surface area contributed by atoms with Crippen molar-refractivity contribution in [2.75, 3.05) is 0 Å².